The number of nitrogens with zero attached hydrogens (tertiary/aromatic N) is 1. The van der Waals surface area contributed by atoms with E-state index >= 15 is 0 Å². The van der Waals surface area contributed by atoms with Gasteiger partial charge in [-0.05, 0) is 25.7 Å². The number of quaternary nitrogens is 1. The highest BCUT2D eigenvalue weighted by Crippen LogP contribution is 2.44. The molecule has 1 fully saturated rings. The Morgan fingerprint density at radius 3 is 1.08 bits per heavy atom. The summed E-state index contributed by atoms with van der Waals surface area (Å²) in [7, 11) is 0. The zero-order valence-electron chi connectivity index (χ0n) is 22.6. The van der Waals surface area contributed by atoms with Crippen LogP contribution in [0, 0.1) is 0 Å². The largest absolute Gasteiger partial charge is 0.558 e. The van der Waals surface area contributed by atoms with Crippen LogP contribution in [0.1, 0.15) is 129 Å². The standard InChI is InChI=1S/C24H50N.C2BF8/c1-3-5-7-9-11-13-15-17-21-25(23-19-20-24-25)22-18-16-14-12-10-8-6-4-2;4-1(5,2(6,7)8)3(9,10)11/h3-24H2,1-2H3;/q+1;-1. The molecule has 1 rings (SSSR count). The molecule has 218 valence electrons. The zero-order valence-corrected chi connectivity index (χ0v) is 22.6. The Bertz CT molecular complexity index is 479. The molecule has 0 aliphatic carbocycles. The van der Waals surface area contributed by atoms with Crippen molar-refractivity contribution in [1.29, 1.82) is 0 Å². The van der Waals surface area contributed by atoms with Crippen LogP contribution in [0.4, 0.5) is 34.9 Å². The summed E-state index contributed by atoms with van der Waals surface area (Å²) in [5.74, 6) is -6.56. The predicted octanol–water partition coefficient (Wildman–Crippen LogP) is 10.4. The highest BCUT2D eigenvalue weighted by Gasteiger charge is 2.69. The smallest absolute Gasteiger partial charge is 0.445 e. The molecule has 1 saturated heterocycles. The van der Waals surface area contributed by atoms with Crippen LogP contribution in [0.2, 0.25) is 0 Å². The van der Waals surface area contributed by atoms with Gasteiger partial charge in [-0.25, -0.2) is 8.78 Å². The maximum Gasteiger partial charge on any atom is 0.558 e. The summed E-state index contributed by atoms with van der Waals surface area (Å²) in [4.78, 5) is 0. The first-order valence-corrected chi connectivity index (χ1v) is 14.3. The number of alkyl halides is 5. The quantitative estimate of drug-likeness (QED) is 0.0663. The molecular formula is C26H50BF8N. The highest BCUT2D eigenvalue weighted by molar-refractivity contribution is 6.61. The van der Waals surface area contributed by atoms with Gasteiger partial charge in [0.2, 0.25) is 0 Å². The van der Waals surface area contributed by atoms with Gasteiger partial charge in [0.05, 0.1) is 26.2 Å². The van der Waals surface area contributed by atoms with Gasteiger partial charge in [-0.3, -0.25) is 0 Å². The number of unbranched alkanes of at least 4 members (excludes halogenated alkanes) is 14. The van der Waals surface area contributed by atoms with Gasteiger partial charge in [0.25, 0.3) is 0 Å². The Balaban J connectivity index is 0.000000935. The first-order valence-electron chi connectivity index (χ1n) is 14.3. The maximum absolute atomic E-state index is 11.2. The minimum atomic E-state index is -7.21. The summed E-state index contributed by atoms with van der Waals surface area (Å²) in [6, 6.07) is 0. The Morgan fingerprint density at radius 1 is 0.528 bits per heavy atom. The topological polar surface area (TPSA) is 0 Å². The minimum Gasteiger partial charge on any atom is -0.445 e. The van der Waals surface area contributed by atoms with Crippen LogP contribution in [0.25, 0.3) is 0 Å². The number of rotatable bonds is 19. The fourth-order valence-electron chi connectivity index (χ4n) is 4.91. The molecule has 0 amide bonds. The van der Waals surface area contributed by atoms with Crippen LogP contribution in [0.5, 0.6) is 0 Å². The summed E-state index contributed by atoms with van der Waals surface area (Å²) < 4.78 is 89.3. The summed E-state index contributed by atoms with van der Waals surface area (Å²) in [6.45, 7) is 3.38. The molecule has 1 nitrogen and oxygen atoms in total. The lowest BCUT2D eigenvalue weighted by molar-refractivity contribution is -0.917. The van der Waals surface area contributed by atoms with Crippen molar-refractivity contribution < 1.29 is 39.4 Å². The van der Waals surface area contributed by atoms with Crippen LogP contribution >= 0.6 is 0 Å². The second-order valence-electron chi connectivity index (χ2n) is 10.6. The van der Waals surface area contributed by atoms with E-state index < -0.39 is 19.0 Å². The van der Waals surface area contributed by atoms with Crippen LogP contribution in [0.15, 0.2) is 0 Å². The van der Waals surface area contributed by atoms with Gasteiger partial charge in [-0.1, -0.05) is 90.9 Å². The molecule has 10 heteroatoms. The molecule has 0 bridgehead atoms. The fourth-order valence-corrected chi connectivity index (χ4v) is 4.91. The molecule has 0 radical (unpaired) electrons. The molecule has 1 heterocycles. The van der Waals surface area contributed by atoms with Crippen LogP contribution in [0.3, 0.4) is 0 Å². The molecule has 1 aliphatic rings. The van der Waals surface area contributed by atoms with E-state index in [1.165, 1.54) is 146 Å². The van der Waals surface area contributed by atoms with Crippen molar-refractivity contribution in [1.82, 2.24) is 0 Å². The molecule has 0 saturated carbocycles. The summed E-state index contributed by atoms with van der Waals surface area (Å²) in [5, 5.41) is 0. The van der Waals surface area contributed by atoms with E-state index in [-0.39, 0.29) is 0 Å². The third-order valence-electron chi connectivity index (χ3n) is 7.28. The predicted molar refractivity (Wildman–Crippen MR) is 134 cm³/mol. The number of hydrogen-bond donors (Lipinski definition) is 0. The van der Waals surface area contributed by atoms with Crippen LogP contribution in [-0.4, -0.2) is 49.6 Å². The van der Waals surface area contributed by atoms with Gasteiger partial charge in [0.1, 0.15) is 0 Å². The zero-order chi connectivity index (χ0) is 27.6. The lowest BCUT2D eigenvalue weighted by Gasteiger charge is -2.34. The third kappa shape index (κ3) is 15.0. The van der Waals surface area contributed by atoms with E-state index in [1.54, 1.807) is 0 Å². The number of likely N-dealkylation sites (tertiary alicyclic amines) is 1. The maximum atomic E-state index is 11.2. The minimum absolute atomic E-state index is 1.37. The molecule has 0 aromatic heterocycles. The third-order valence-corrected chi connectivity index (χ3v) is 7.28. The SMILES string of the molecule is CCCCCCCCCC[N+]1(CCCCCCCCCC)CCCC1.F[B-](F)(F)C(F)(F)C(F)(F)F. The Morgan fingerprint density at radius 2 is 0.833 bits per heavy atom. The first-order chi connectivity index (χ1) is 16.8. The summed E-state index contributed by atoms with van der Waals surface area (Å²) in [6.07, 6.45) is 19.9. The Labute approximate surface area is 214 Å². The van der Waals surface area contributed by atoms with Crippen molar-refractivity contribution in [2.75, 3.05) is 26.2 Å². The van der Waals surface area contributed by atoms with E-state index in [4.69, 9.17) is 0 Å². The average Bonchev–Trinajstić information content (AvgIpc) is 3.25. The van der Waals surface area contributed by atoms with Crippen LogP contribution in [-0.2, 0) is 0 Å². The van der Waals surface area contributed by atoms with Crippen molar-refractivity contribution in [2.45, 2.75) is 141 Å². The molecule has 0 spiro atoms. The lowest BCUT2D eigenvalue weighted by Crippen LogP contribution is -2.53. The molecule has 1 aliphatic heterocycles. The van der Waals surface area contributed by atoms with Crippen molar-refractivity contribution in [2.24, 2.45) is 0 Å². The van der Waals surface area contributed by atoms with Gasteiger partial charge in [-0.2, -0.15) is 13.2 Å². The van der Waals surface area contributed by atoms with Crippen molar-refractivity contribution in [3.63, 3.8) is 0 Å². The molecule has 36 heavy (non-hydrogen) atoms. The van der Waals surface area contributed by atoms with Crippen molar-refractivity contribution >= 4 is 6.98 Å². The summed E-state index contributed by atoms with van der Waals surface area (Å²) >= 11 is 0. The lowest BCUT2D eigenvalue weighted by atomic mass is 9.80. The van der Waals surface area contributed by atoms with Crippen molar-refractivity contribution in [3.05, 3.63) is 0 Å². The van der Waals surface area contributed by atoms with Gasteiger partial charge < -0.3 is 17.4 Å². The van der Waals surface area contributed by atoms with E-state index in [0.29, 0.717) is 0 Å². The second-order valence-corrected chi connectivity index (χ2v) is 10.6. The average molecular weight is 539 g/mol. The monoisotopic (exact) mass is 539 g/mol. The molecule has 0 aromatic carbocycles. The van der Waals surface area contributed by atoms with E-state index in [2.05, 4.69) is 13.8 Å². The molecule has 0 unspecified atom stereocenters. The number of halogens is 8. The van der Waals surface area contributed by atoms with Gasteiger partial charge in [-0.15, -0.1) is 0 Å². The van der Waals surface area contributed by atoms with Crippen molar-refractivity contribution in [3.8, 4) is 0 Å². The Kier molecular flexibility index (Phi) is 18.4. The normalized spacial score (nSPS) is 16.2. The number of hydrogen-bond acceptors (Lipinski definition) is 0. The Hall–Kier alpha value is -0.535. The first kappa shape index (κ1) is 35.5. The summed E-state index contributed by atoms with van der Waals surface area (Å²) in [5.41, 5.74) is 0. The van der Waals surface area contributed by atoms with Crippen LogP contribution < -0.4 is 0 Å². The van der Waals surface area contributed by atoms with Gasteiger partial charge >= 0.3 is 19.0 Å². The fraction of sp³-hybridized carbons (Fsp3) is 1.00. The molecule has 0 atom stereocenters. The van der Waals surface area contributed by atoms with Gasteiger partial charge in [0.15, 0.2) is 0 Å². The second kappa shape index (κ2) is 18.7. The molecule has 0 aromatic rings. The highest BCUT2D eigenvalue weighted by atomic mass is 19.4. The van der Waals surface area contributed by atoms with E-state index in [0.717, 1.165) is 0 Å². The van der Waals surface area contributed by atoms with E-state index in [9.17, 15) is 34.9 Å². The van der Waals surface area contributed by atoms with Gasteiger partial charge in [0, 0.05) is 12.8 Å². The molecule has 0 N–H and O–H groups in total. The molecular weight excluding hydrogens is 489 g/mol. The van der Waals surface area contributed by atoms with E-state index in [1.807, 2.05) is 0 Å².